The average Bonchev–Trinajstić information content (AvgIpc) is 3.12. The van der Waals surface area contributed by atoms with Gasteiger partial charge in [0.05, 0.1) is 11.4 Å². The van der Waals surface area contributed by atoms with Crippen LogP contribution in [0.25, 0.3) is 0 Å². The number of fused-ring (bicyclic) bond motifs is 1. The summed E-state index contributed by atoms with van der Waals surface area (Å²) in [5, 5.41) is 12.0. The monoisotopic (exact) mass is 390 g/mol. The summed E-state index contributed by atoms with van der Waals surface area (Å²) >= 11 is 0. The fraction of sp³-hybridized carbons (Fsp3) is 0.556. The van der Waals surface area contributed by atoms with Crippen molar-refractivity contribution in [2.24, 2.45) is 0 Å². The first-order valence-electron chi connectivity index (χ1n) is 9.37. The van der Waals surface area contributed by atoms with Crippen molar-refractivity contribution in [2.45, 2.75) is 36.7 Å². The molecule has 0 bridgehead atoms. The summed E-state index contributed by atoms with van der Waals surface area (Å²) in [5.74, 6) is 2.26. The molecule has 3 heterocycles. The van der Waals surface area contributed by atoms with E-state index in [-0.39, 0.29) is 5.92 Å². The van der Waals surface area contributed by atoms with Gasteiger partial charge in [-0.3, -0.25) is 0 Å². The Hall–Kier alpha value is -1.97. The summed E-state index contributed by atoms with van der Waals surface area (Å²) in [6, 6.07) is 7.07. The van der Waals surface area contributed by atoms with Crippen LogP contribution >= 0.6 is 0 Å². The Balaban J connectivity index is 1.46. The van der Waals surface area contributed by atoms with Gasteiger partial charge < -0.3 is 14.8 Å². The Labute approximate surface area is 160 Å². The number of benzene rings is 1. The van der Waals surface area contributed by atoms with Crippen LogP contribution in [0.5, 0.6) is 0 Å². The molecule has 2 aliphatic heterocycles. The summed E-state index contributed by atoms with van der Waals surface area (Å²) in [6.45, 7) is 3.59. The third kappa shape index (κ3) is 3.46. The lowest BCUT2D eigenvalue weighted by Gasteiger charge is -2.31. The number of anilines is 1. The number of hydrogen-bond acceptors (Lipinski definition) is 6. The minimum Gasteiger partial charge on any atom is -0.378 e. The second-order valence-electron chi connectivity index (χ2n) is 7.37. The van der Waals surface area contributed by atoms with Crippen molar-refractivity contribution in [1.29, 1.82) is 0 Å². The van der Waals surface area contributed by atoms with Crippen LogP contribution in [-0.2, 0) is 23.1 Å². The molecule has 0 aliphatic carbocycles. The van der Waals surface area contributed by atoms with Crippen molar-refractivity contribution in [1.82, 2.24) is 24.4 Å². The topological polar surface area (TPSA) is 83.4 Å². The number of sulfonamides is 1. The fourth-order valence-corrected chi connectivity index (χ4v) is 5.31. The van der Waals surface area contributed by atoms with Crippen LogP contribution < -0.4 is 10.2 Å². The van der Waals surface area contributed by atoms with Gasteiger partial charge in [-0.25, -0.2) is 8.42 Å². The van der Waals surface area contributed by atoms with Gasteiger partial charge in [-0.15, -0.1) is 10.2 Å². The molecule has 0 amide bonds. The van der Waals surface area contributed by atoms with E-state index in [1.54, 1.807) is 16.4 Å². The predicted molar refractivity (Wildman–Crippen MR) is 103 cm³/mol. The van der Waals surface area contributed by atoms with Crippen LogP contribution in [0.4, 0.5) is 5.69 Å². The molecule has 27 heavy (non-hydrogen) atoms. The SMILES string of the molecule is CN(C)c1ccc(S(=O)(=O)N2CCC(c3nnc4n3CCNC4)CC2)cc1. The largest absolute Gasteiger partial charge is 0.378 e. The van der Waals surface area contributed by atoms with Crippen LogP contribution in [0, 0.1) is 0 Å². The van der Waals surface area contributed by atoms with Crippen LogP contribution in [0.2, 0.25) is 0 Å². The number of nitrogens with one attached hydrogen (secondary N) is 1. The zero-order valence-corrected chi connectivity index (χ0v) is 16.6. The Kier molecular flexibility index (Phi) is 4.92. The van der Waals surface area contributed by atoms with Gasteiger partial charge in [0.1, 0.15) is 11.6 Å². The summed E-state index contributed by atoms with van der Waals surface area (Å²) in [5.41, 5.74) is 0.985. The highest BCUT2D eigenvalue weighted by molar-refractivity contribution is 7.89. The smallest absolute Gasteiger partial charge is 0.243 e. The fourth-order valence-electron chi connectivity index (χ4n) is 3.84. The number of piperidine rings is 1. The number of hydrogen-bond donors (Lipinski definition) is 1. The highest BCUT2D eigenvalue weighted by Gasteiger charge is 2.32. The van der Waals surface area contributed by atoms with Crippen molar-refractivity contribution in [2.75, 3.05) is 38.6 Å². The average molecular weight is 391 g/mol. The standard InChI is InChI=1S/C18H26N6O2S/c1-22(2)15-3-5-16(6-4-15)27(25,26)23-10-7-14(8-11-23)18-21-20-17-13-19-9-12-24(17)18/h3-6,14,19H,7-13H2,1-2H3. The first kappa shape index (κ1) is 18.4. The van der Waals surface area contributed by atoms with Crippen molar-refractivity contribution >= 4 is 15.7 Å². The zero-order valence-electron chi connectivity index (χ0n) is 15.8. The highest BCUT2D eigenvalue weighted by atomic mass is 32.2. The predicted octanol–water partition coefficient (Wildman–Crippen LogP) is 1.02. The van der Waals surface area contributed by atoms with Gasteiger partial charge in [0.2, 0.25) is 10.0 Å². The number of nitrogens with zero attached hydrogens (tertiary/aromatic N) is 5. The van der Waals surface area contributed by atoms with Crippen molar-refractivity contribution in [3.8, 4) is 0 Å². The molecule has 2 aromatic rings. The third-order valence-electron chi connectivity index (χ3n) is 5.46. The molecule has 2 aliphatic rings. The molecule has 1 N–H and O–H groups in total. The van der Waals surface area contributed by atoms with Gasteiger partial charge in [0, 0.05) is 51.9 Å². The lowest BCUT2D eigenvalue weighted by Crippen LogP contribution is -2.38. The maximum absolute atomic E-state index is 13.0. The van der Waals surface area contributed by atoms with E-state index in [2.05, 4.69) is 20.1 Å². The van der Waals surface area contributed by atoms with E-state index in [0.29, 0.717) is 18.0 Å². The van der Waals surface area contributed by atoms with Crippen LogP contribution in [0.1, 0.15) is 30.4 Å². The molecule has 0 atom stereocenters. The third-order valence-corrected chi connectivity index (χ3v) is 7.37. The van der Waals surface area contributed by atoms with Gasteiger partial charge in [-0.1, -0.05) is 0 Å². The minimum absolute atomic E-state index is 0.270. The van der Waals surface area contributed by atoms with E-state index in [4.69, 9.17) is 0 Å². The van der Waals surface area contributed by atoms with Gasteiger partial charge >= 0.3 is 0 Å². The van der Waals surface area contributed by atoms with Gasteiger partial charge in [0.25, 0.3) is 0 Å². The summed E-state index contributed by atoms with van der Waals surface area (Å²) in [6.07, 6.45) is 1.56. The van der Waals surface area contributed by atoms with E-state index in [1.807, 2.05) is 31.1 Å². The van der Waals surface area contributed by atoms with E-state index in [0.717, 1.165) is 49.8 Å². The first-order valence-corrected chi connectivity index (χ1v) is 10.8. The van der Waals surface area contributed by atoms with Crippen LogP contribution in [0.15, 0.2) is 29.2 Å². The molecule has 1 saturated heterocycles. The minimum atomic E-state index is -3.45. The summed E-state index contributed by atoms with van der Waals surface area (Å²) in [4.78, 5) is 2.31. The highest BCUT2D eigenvalue weighted by Crippen LogP contribution is 2.31. The quantitative estimate of drug-likeness (QED) is 0.839. The van der Waals surface area contributed by atoms with Crippen molar-refractivity contribution in [3.63, 3.8) is 0 Å². The molecule has 1 fully saturated rings. The molecular formula is C18H26N6O2S. The Morgan fingerprint density at radius 1 is 1.07 bits per heavy atom. The maximum Gasteiger partial charge on any atom is 0.243 e. The molecule has 9 heteroatoms. The molecule has 0 radical (unpaired) electrons. The van der Waals surface area contributed by atoms with Gasteiger partial charge in [-0.2, -0.15) is 4.31 Å². The first-order chi connectivity index (χ1) is 13.0. The van der Waals surface area contributed by atoms with E-state index >= 15 is 0 Å². The Morgan fingerprint density at radius 2 is 1.78 bits per heavy atom. The van der Waals surface area contributed by atoms with Crippen molar-refractivity contribution in [3.05, 3.63) is 35.9 Å². The van der Waals surface area contributed by atoms with Crippen molar-refractivity contribution < 1.29 is 8.42 Å². The normalized spacial score (nSPS) is 19.0. The molecule has 1 aromatic carbocycles. The molecule has 8 nitrogen and oxygen atoms in total. The second-order valence-corrected chi connectivity index (χ2v) is 9.31. The van der Waals surface area contributed by atoms with Gasteiger partial charge in [0.15, 0.2) is 0 Å². The molecular weight excluding hydrogens is 364 g/mol. The molecule has 146 valence electrons. The summed E-state index contributed by atoms with van der Waals surface area (Å²) < 4.78 is 29.7. The van der Waals surface area contributed by atoms with Crippen LogP contribution in [-0.4, -0.2) is 61.2 Å². The summed E-state index contributed by atoms with van der Waals surface area (Å²) in [7, 11) is 0.424. The molecule has 4 rings (SSSR count). The van der Waals surface area contributed by atoms with E-state index < -0.39 is 10.0 Å². The molecule has 1 aromatic heterocycles. The molecule has 0 unspecified atom stereocenters. The second kappa shape index (κ2) is 7.21. The van der Waals surface area contributed by atoms with Crippen LogP contribution in [0.3, 0.4) is 0 Å². The zero-order chi connectivity index (χ0) is 19.0. The number of aromatic nitrogens is 3. The lowest BCUT2D eigenvalue weighted by molar-refractivity contribution is 0.307. The van der Waals surface area contributed by atoms with Gasteiger partial charge in [-0.05, 0) is 37.1 Å². The number of rotatable bonds is 4. The molecule has 0 saturated carbocycles. The lowest BCUT2D eigenvalue weighted by atomic mass is 9.97. The Morgan fingerprint density at radius 3 is 2.44 bits per heavy atom. The molecule has 0 spiro atoms. The van der Waals surface area contributed by atoms with E-state index in [9.17, 15) is 8.42 Å². The van der Waals surface area contributed by atoms with E-state index in [1.165, 1.54) is 0 Å². The Bertz CT molecular complexity index is 898. The maximum atomic E-state index is 13.0.